The topological polar surface area (TPSA) is 58.2 Å². The van der Waals surface area contributed by atoms with Crippen LogP contribution in [0.5, 0.6) is 5.75 Å². The van der Waals surface area contributed by atoms with Crippen molar-refractivity contribution in [3.8, 4) is 5.75 Å². The zero-order valence-electron chi connectivity index (χ0n) is 8.75. The van der Waals surface area contributed by atoms with Crippen LogP contribution in [0.15, 0.2) is 42.7 Å². The number of carbonyl (C=O) groups is 1. The number of para-hydroxylation sites is 1. The molecule has 0 aliphatic heterocycles. The van der Waals surface area contributed by atoms with E-state index in [1.54, 1.807) is 43.7 Å². The van der Waals surface area contributed by atoms with Gasteiger partial charge < -0.3 is 9.72 Å². The molecular weight excluding hydrogens is 206 g/mol. The number of H-pyrrole nitrogens is 1. The maximum absolute atomic E-state index is 11.7. The summed E-state index contributed by atoms with van der Waals surface area (Å²) >= 11 is 0. The molecular formula is C11H11N3O2. The van der Waals surface area contributed by atoms with Gasteiger partial charge in [0.2, 0.25) is 5.95 Å². The Morgan fingerprint density at radius 3 is 2.75 bits per heavy atom. The van der Waals surface area contributed by atoms with E-state index < -0.39 is 6.09 Å². The predicted molar refractivity (Wildman–Crippen MR) is 59.5 cm³/mol. The molecule has 2 rings (SSSR count). The standard InChI is InChI=1S/C11H11N3O2/c1-14(10-12-7-8-13-10)11(15)16-9-5-3-2-4-6-9/h2-8H,1H3,(H,12,13). The molecule has 0 radical (unpaired) electrons. The summed E-state index contributed by atoms with van der Waals surface area (Å²) in [7, 11) is 1.59. The van der Waals surface area contributed by atoms with Crippen LogP contribution in [0.1, 0.15) is 0 Å². The predicted octanol–water partition coefficient (Wildman–Crippen LogP) is 2.04. The number of imidazole rings is 1. The minimum atomic E-state index is -0.485. The average molecular weight is 217 g/mol. The third-order valence-electron chi connectivity index (χ3n) is 2.02. The molecule has 0 spiro atoms. The van der Waals surface area contributed by atoms with Gasteiger partial charge in [0, 0.05) is 19.4 Å². The molecule has 1 amide bonds. The number of nitrogens with one attached hydrogen (secondary N) is 1. The molecule has 1 N–H and O–H groups in total. The van der Waals surface area contributed by atoms with E-state index in [1.807, 2.05) is 6.07 Å². The maximum atomic E-state index is 11.7. The highest BCUT2D eigenvalue weighted by molar-refractivity contribution is 5.86. The van der Waals surface area contributed by atoms with Crippen molar-refractivity contribution in [2.24, 2.45) is 0 Å². The van der Waals surface area contributed by atoms with E-state index in [1.165, 1.54) is 4.90 Å². The Bertz CT molecular complexity index is 453. The first-order chi connectivity index (χ1) is 7.77. The molecule has 1 aromatic carbocycles. The summed E-state index contributed by atoms with van der Waals surface area (Å²) in [5, 5.41) is 0. The quantitative estimate of drug-likeness (QED) is 0.837. The van der Waals surface area contributed by atoms with E-state index in [4.69, 9.17) is 4.74 Å². The largest absolute Gasteiger partial charge is 0.421 e. The summed E-state index contributed by atoms with van der Waals surface area (Å²) in [6.07, 6.45) is 2.73. The van der Waals surface area contributed by atoms with Gasteiger partial charge in [-0.3, -0.25) is 0 Å². The summed E-state index contributed by atoms with van der Waals surface area (Å²) in [5.74, 6) is 0.951. The smallest absolute Gasteiger partial charge is 0.410 e. The molecule has 1 aromatic heterocycles. The van der Waals surface area contributed by atoms with Crippen LogP contribution in [-0.4, -0.2) is 23.1 Å². The molecule has 82 valence electrons. The monoisotopic (exact) mass is 217 g/mol. The van der Waals surface area contributed by atoms with Gasteiger partial charge in [-0.15, -0.1) is 0 Å². The third kappa shape index (κ3) is 2.20. The summed E-state index contributed by atoms with van der Waals surface area (Å²) in [5.41, 5.74) is 0. The Hall–Kier alpha value is -2.30. The number of amides is 1. The van der Waals surface area contributed by atoms with E-state index in [-0.39, 0.29) is 0 Å². The summed E-state index contributed by atoms with van der Waals surface area (Å²) in [4.78, 5) is 19.7. The number of aromatic nitrogens is 2. The molecule has 0 fully saturated rings. The highest BCUT2D eigenvalue weighted by atomic mass is 16.6. The van der Waals surface area contributed by atoms with Gasteiger partial charge in [0.25, 0.3) is 0 Å². The molecule has 1 heterocycles. The second-order valence-corrected chi connectivity index (χ2v) is 3.15. The number of hydrogen-bond donors (Lipinski definition) is 1. The highest BCUT2D eigenvalue weighted by Crippen LogP contribution is 2.11. The van der Waals surface area contributed by atoms with Crippen LogP contribution in [-0.2, 0) is 0 Å². The zero-order valence-corrected chi connectivity index (χ0v) is 8.75. The van der Waals surface area contributed by atoms with Crippen molar-refractivity contribution in [2.45, 2.75) is 0 Å². The molecule has 0 bridgehead atoms. The lowest BCUT2D eigenvalue weighted by Gasteiger charge is -2.13. The Labute approximate surface area is 92.7 Å². The second-order valence-electron chi connectivity index (χ2n) is 3.15. The lowest BCUT2D eigenvalue weighted by atomic mass is 10.3. The molecule has 0 aliphatic carbocycles. The fourth-order valence-electron chi connectivity index (χ4n) is 1.18. The van der Waals surface area contributed by atoms with Crippen LogP contribution in [0, 0.1) is 0 Å². The average Bonchev–Trinajstić information content (AvgIpc) is 2.83. The van der Waals surface area contributed by atoms with Gasteiger partial charge in [-0.1, -0.05) is 18.2 Å². The van der Waals surface area contributed by atoms with Gasteiger partial charge in [-0.05, 0) is 12.1 Å². The van der Waals surface area contributed by atoms with Crippen molar-refractivity contribution in [3.05, 3.63) is 42.7 Å². The van der Waals surface area contributed by atoms with Crippen molar-refractivity contribution in [2.75, 3.05) is 11.9 Å². The molecule has 5 heteroatoms. The van der Waals surface area contributed by atoms with Crippen LogP contribution in [0.4, 0.5) is 10.7 Å². The number of anilines is 1. The van der Waals surface area contributed by atoms with Crippen LogP contribution >= 0.6 is 0 Å². The van der Waals surface area contributed by atoms with Gasteiger partial charge >= 0.3 is 6.09 Å². The fourth-order valence-corrected chi connectivity index (χ4v) is 1.18. The number of ether oxygens (including phenoxy) is 1. The Balaban J connectivity index is 2.04. The van der Waals surface area contributed by atoms with Crippen LogP contribution in [0.2, 0.25) is 0 Å². The van der Waals surface area contributed by atoms with Crippen molar-refractivity contribution in [1.29, 1.82) is 0 Å². The Morgan fingerprint density at radius 2 is 2.12 bits per heavy atom. The lowest BCUT2D eigenvalue weighted by Crippen LogP contribution is -2.30. The van der Waals surface area contributed by atoms with E-state index in [2.05, 4.69) is 9.97 Å². The lowest BCUT2D eigenvalue weighted by molar-refractivity contribution is 0.208. The van der Waals surface area contributed by atoms with E-state index >= 15 is 0 Å². The number of nitrogens with zero attached hydrogens (tertiary/aromatic N) is 2. The molecule has 16 heavy (non-hydrogen) atoms. The van der Waals surface area contributed by atoms with Gasteiger partial charge in [0.05, 0.1) is 0 Å². The molecule has 2 aromatic rings. The van der Waals surface area contributed by atoms with Crippen LogP contribution in [0.3, 0.4) is 0 Å². The van der Waals surface area contributed by atoms with Crippen LogP contribution < -0.4 is 9.64 Å². The third-order valence-corrected chi connectivity index (χ3v) is 2.02. The van der Waals surface area contributed by atoms with Crippen LogP contribution in [0.25, 0.3) is 0 Å². The minimum absolute atomic E-state index is 0.445. The summed E-state index contributed by atoms with van der Waals surface area (Å²) in [6.45, 7) is 0. The number of hydrogen-bond acceptors (Lipinski definition) is 3. The molecule has 0 aliphatic rings. The zero-order chi connectivity index (χ0) is 11.4. The first-order valence-corrected chi connectivity index (χ1v) is 4.77. The number of benzene rings is 1. The Kier molecular flexibility index (Phi) is 2.86. The van der Waals surface area contributed by atoms with Crippen molar-refractivity contribution < 1.29 is 9.53 Å². The van der Waals surface area contributed by atoms with Crippen molar-refractivity contribution in [3.63, 3.8) is 0 Å². The minimum Gasteiger partial charge on any atom is -0.410 e. The SMILES string of the molecule is CN(C(=O)Oc1ccccc1)c1ncc[nH]1. The maximum Gasteiger partial charge on any atom is 0.421 e. The van der Waals surface area contributed by atoms with E-state index in [0.29, 0.717) is 11.7 Å². The van der Waals surface area contributed by atoms with E-state index in [0.717, 1.165) is 0 Å². The second kappa shape index (κ2) is 4.48. The number of aromatic amines is 1. The van der Waals surface area contributed by atoms with Crippen molar-refractivity contribution in [1.82, 2.24) is 9.97 Å². The summed E-state index contributed by atoms with van der Waals surface area (Å²) in [6, 6.07) is 8.89. The normalized spacial score (nSPS) is 9.81. The first-order valence-electron chi connectivity index (χ1n) is 4.77. The molecule has 0 saturated carbocycles. The van der Waals surface area contributed by atoms with Gasteiger partial charge in [0.15, 0.2) is 0 Å². The molecule has 0 unspecified atom stereocenters. The van der Waals surface area contributed by atoms with Gasteiger partial charge in [0.1, 0.15) is 5.75 Å². The highest BCUT2D eigenvalue weighted by Gasteiger charge is 2.14. The summed E-state index contributed by atoms with van der Waals surface area (Å²) < 4.78 is 5.13. The molecule has 0 atom stereocenters. The molecule has 5 nitrogen and oxygen atoms in total. The molecule has 0 saturated heterocycles. The van der Waals surface area contributed by atoms with Gasteiger partial charge in [-0.25, -0.2) is 14.7 Å². The number of rotatable bonds is 2. The van der Waals surface area contributed by atoms with Crippen molar-refractivity contribution >= 4 is 12.0 Å². The Morgan fingerprint density at radius 1 is 1.38 bits per heavy atom. The van der Waals surface area contributed by atoms with E-state index in [9.17, 15) is 4.79 Å². The number of carbonyl (C=O) groups excluding carboxylic acids is 1. The van der Waals surface area contributed by atoms with Gasteiger partial charge in [-0.2, -0.15) is 0 Å². The fraction of sp³-hybridized carbons (Fsp3) is 0.0909. The first kappa shape index (κ1) is 10.2.